The zero-order chi connectivity index (χ0) is 17.7. The normalized spacial score (nSPS) is 30.9. The van der Waals surface area contributed by atoms with E-state index < -0.39 is 0 Å². The van der Waals surface area contributed by atoms with Crippen LogP contribution in [0.5, 0.6) is 0 Å². The molecular formula is C20H36N2O4. The highest BCUT2D eigenvalue weighted by molar-refractivity contribution is 4.88. The van der Waals surface area contributed by atoms with Crippen molar-refractivity contribution >= 4 is 0 Å². The Morgan fingerprint density at radius 2 is 0.846 bits per heavy atom. The Morgan fingerprint density at radius 3 is 1.19 bits per heavy atom. The van der Waals surface area contributed by atoms with E-state index in [4.69, 9.17) is 19.2 Å². The van der Waals surface area contributed by atoms with E-state index in [1.165, 1.54) is 38.5 Å². The minimum absolute atomic E-state index is 0.251. The summed E-state index contributed by atoms with van der Waals surface area (Å²) in [4.78, 5) is 18.0. The number of nitrogens with zero attached hydrogens (tertiary/aromatic N) is 2. The van der Waals surface area contributed by atoms with Crippen LogP contribution >= 0.6 is 0 Å². The van der Waals surface area contributed by atoms with Crippen LogP contribution in [0.2, 0.25) is 0 Å². The number of ether oxygens (including phenoxy) is 2. The number of rotatable bonds is 5. The van der Waals surface area contributed by atoms with Crippen LogP contribution in [0.4, 0.5) is 0 Å². The monoisotopic (exact) mass is 368 g/mol. The van der Waals surface area contributed by atoms with Gasteiger partial charge in [0.05, 0.1) is 26.4 Å². The van der Waals surface area contributed by atoms with E-state index in [1.807, 2.05) is 0 Å². The summed E-state index contributed by atoms with van der Waals surface area (Å²) in [6.07, 6.45) is 11.8. The second kappa shape index (κ2) is 8.84. The van der Waals surface area contributed by atoms with Crippen LogP contribution in [0.25, 0.3) is 0 Å². The molecular weight excluding hydrogens is 332 g/mol. The number of hydrogen-bond donors (Lipinski definition) is 0. The van der Waals surface area contributed by atoms with Gasteiger partial charge in [0.2, 0.25) is 0 Å². The summed E-state index contributed by atoms with van der Waals surface area (Å²) >= 11 is 0. The van der Waals surface area contributed by atoms with E-state index in [1.54, 1.807) is 0 Å². The zero-order valence-corrected chi connectivity index (χ0v) is 16.3. The molecule has 150 valence electrons. The van der Waals surface area contributed by atoms with Crippen molar-refractivity contribution in [3.63, 3.8) is 0 Å². The molecule has 4 rings (SSSR count). The topological polar surface area (TPSA) is 43.4 Å². The summed E-state index contributed by atoms with van der Waals surface area (Å²) in [5, 5.41) is 0. The molecule has 0 N–H and O–H groups in total. The quantitative estimate of drug-likeness (QED) is 0.549. The van der Waals surface area contributed by atoms with Crippen molar-refractivity contribution in [3.8, 4) is 0 Å². The molecule has 6 nitrogen and oxygen atoms in total. The van der Waals surface area contributed by atoms with E-state index in [0.717, 1.165) is 78.3 Å². The van der Waals surface area contributed by atoms with Gasteiger partial charge in [0.15, 0.2) is 11.4 Å². The van der Waals surface area contributed by atoms with Crippen LogP contribution in [0.1, 0.15) is 64.2 Å². The average molecular weight is 369 g/mol. The first kappa shape index (κ1) is 19.1. The molecule has 0 bridgehead atoms. The van der Waals surface area contributed by atoms with Crippen molar-refractivity contribution < 1.29 is 19.2 Å². The van der Waals surface area contributed by atoms with Crippen LogP contribution in [0, 0.1) is 0 Å². The second-order valence-corrected chi connectivity index (χ2v) is 8.38. The maximum Gasteiger partial charge on any atom is 0.156 e. The number of morpholine rings is 2. The van der Waals surface area contributed by atoms with Crippen molar-refractivity contribution in [1.82, 2.24) is 9.80 Å². The fourth-order valence-electron chi connectivity index (χ4n) is 5.21. The summed E-state index contributed by atoms with van der Waals surface area (Å²) in [6.45, 7) is 7.03. The van der Waals surface area contributed by atoms with E-state index in [0.29, 0.717) is 0 Å². The van der Waals surface area contributed by atoms with Gasteiger partial charge < -0.3 is 9.47 Å². The maximum absolute atomic E-state index is 6.49. The third-order valence-corrected chi connectivity index (χ3v) is 6.80. The van der Waals surface area contributed by atoms with Gasteiger partial charge in [0.1, 0.15) is 0 Å². The van der Waals surface area contributed by atoms with Crippen molar-refractivity contribution in [2.75, 3.05) is 52.6 Å². The lowest BCUT2D eigenvalue weighted by Crippen LogP contribution is -2.60. The molecule has 0 radical (unpaired) electrons. The van der Waals surface area contributed by atoms with Crippen LogP contribution in [0.3, 0.4) is 0 Å². The molecule has 2 saturated carbocycles. The first-order valence-corrected chi connectivity index (χ1v) is 10.9. The van der Waals surface area contributed by atoms with Gasteiger partial charge >= 0.3 is 0 Å². The molecule has 6 heteroatoms. The fraction of sp³-hybridized carbons (Fsp3) is 1.00. The van der Waals surface area contributed by atoms with Gasteiger partial charge in [-0.1, -0.05) is 12.8 Å². The maximum atomic E-state index is 6.49. The zero-order valence-electron chi connectivity index (χ0n) is 16.3. The Balaban J connectivity index is 1.48. The standard InChI is InChI=1S/C20H36N2O4/c1-3-7-19(8-4-1,21-11-15-23-16-12-21)25-26-20(9-5-2-6-10-20)22-13-17-24-18-14-22/h1-18H2. The highest BCUT2D eigenvalue weighted by atomic mass is 17.2. The van der Waals surface area contributed by atoms with E-state index in [2.05, 4.69) is 9.80 Å². The van der Waals surface area contributed by atoms with Gasteiger partial charge in [-0.3, -0.25) is 9.80 Å². The van der Waals surface area contributed by atoms with E-state index >= 15 is 0 Å². The molecule has 26 heavy (non-hydrogen) atoms. The largest absolute Gasteiger partial charge is 0.379 e. The minimum atomic E-state index is -0.251. The predicted octanol–water partition coefficient (Wildman–Crippen LogP) is 2.92. The smallest absolute Gasteiger partial charge is 0.156 e. The van der Waals surface area contributed by atoms with Gasteiger partial charge in [-0.15, -0.1) is 0 Å². The molecule has 2 saturated heterocycles. The summed E-state index contributed by atoms with van der Waals surface area (Å²) < 4.78 is 11.2. The minimum Gasteiger partial charge on any atom is -0.379 e. The Morgan fingerprint density at radius 1 is 0.500 bits per heavy atom. The van der Waals surface area contributed by atoms with Crippen molar-refractivity contribution in [2.24, 2.45) is 0 Å². The van der Waals surface area contributed by atoms with Crippen LogP contribution in [-0.4, -0.2) is 73.9 Å². The molecule has 4 aliphatic rings. The molecule has 0 spiro atoms. The van der Waals surface area contributed by atoms with Crippen LogP contribution in [0.15, 0.2) is 0 Å². The highest BCUT2D eigenvalue weighted by Gasteiger charge is 2.46. The van der Waals surface area contributed by atoms with Gasteiger partial charge in [-0.25, -0.2) is 9.78 Å². The Bertz CT molecular complexity index is 384. The third kappa shape index (κ3) is 4.10. The lowest BCUT2D eigenvalue weighted by molar-refractivity contribution is -0.474. The first-order chi connectivity index (χ1) is 12.8. The molecule has 0 unspecified atom stereocenters. The molecule has 4 fully saturated rings. The van der Waals surface area contributed by atoms with Gasteiger partial charge in [-0.2, -0.15) is 0 Å². The van der Waals surface area contributed by atoms with E-state index in [-0.39, 0.29) is 11.4 Å². The Labute approximate surface area is 158 Å². The third-order valence-electron chi connectivity index (χ3n) is 6.80. The van der Waals surface area contributed by atoms with Crippen LogP contribution in [-0.2, 0) is 19.2 Å². The Hall–Kier alpha value is -0.240. The summed E-state index contributed by atoms with van der Waals surface area (Å²) in [5.41, 5.74) is -0.502. The van der Waals surface area contributed by atoms with Gasteiger partial charge in [0.25, 0.3) is 0 Å². The lowest BCUT2D eigenvalue weighted by atomic mass is 9.89. The molecule has 0 aromatic heterocycles. The van der Waals surface area contributed by atoms with Gasteiger partial charge in [0, 0.05) is 26.2 Å². The highest BCUT2D eigenvalue weighted by Crippen LogP contribution is 2.41. The summed E-state index contributed by atoms with van der Waals surface area (Å²) in [6, 6.07) is 0. The van der Waals surface area contributed by atoms with E-state index in [9.17, 15) is 0 Å². The fourth-order valence-corrected chi connectivity index (χ4v) is 5.21. The molecule has 0 atom stereocenters. The molecule has 0 aromatic rings. The predicted molar refractivity (Wildman–Crippen MR) is 98.6 cm³/mol. The van der Waals surface area contributed by atoms with Crippen LogP contribution < -0.4 is 0 Å². The summed E-state index contributed by atoms with van der Waals surface area (Å²) in [7, 11) is 0. The molecule has 0 amide bonds. The van der Waals surface area contributed by atoms with Gasteiger partial charge in [-0.05, 0) is 51.4 Å². The Kier molecular flexibility index (Phi) is 6.49. The molecule has 2 aliphatic carbocycles. The summed E-state index contributed by atoms with van der Waals surface area (Å²) in [5.74, 6) is 0. The lowest BCUT2D eigenvalue weighted by Gasteiger charge is -2.51. The average Bonchev–Trinajstić information content (AvgIpc) is 2.75. The SMILES string of the molecule is C1CCC(OOC2(N3CCOCC3)CCCCC2)(N2CCOCC2)CC1. The molecule has 2 aliphatic heterocycles. The van der Waals surface area contributed by atoms with Crippen molar-refractivity contribution in [1.29, 1.82) is 0 Å². The molecule has 2 heterocycles. The van der Waals surface area contributed by atoms with Crippen molar-refractivity contribution in [3.05, 3.63) is 0 Å². The van der Waals surface area contributed by atoms with Crippen molar-refractivity contribution in [2.45, 2.75) is 75.7 Å². The second-order valence-electron chi connectivity index (χ2n) is 8.38. The molecule has 0 aromatic carbocycles. The number of hydrogen-bond acceptors (Lipinski definition) is 6. The first-order valence-electron chi connectivity index (χ1n) is 10.9.